The van der Waals surface area contributed by atoms with Gasteiger partial charge in [0, 0.05) is 6.07 Å². The molecule has 0 amide bonds. The van der Waals surface area contributed by atoms with Gasteiger partial charge in [0.15, 0.2) is 5.69 Å². The molecule has 0 aliphatic carbocycles. The summed E-state index contributed by atoms with van der Waals surface area (Å²) in [5.41, 5.74) is 2.92. The lowest BCUT2D eigenvalue weighted by Crippen LogP contribution is -2.11. The third-order valence-electron chi connectivity index (χ3n) is 1.15. The van der Waals surface area contributed by atoms with Gasteiger partial charge in [-0.2, -0.15) is 13.2 Å². The van der Waals surface area contributed by atoms with Crippen LogP contribution < -0.4 is 5.73 Å². The van der Waals surface area contributed by atoms with Crippen LogP contribution in [0.1, 0.15) is 5.69 Å². The number of nitrogen functional groups attached to an aromatic ring is 1. The zero-order chi connectivity index (χ0) is 9.35. The smallest absolute Gasteiger partial charge is 0.397 e. The second-order valence-electron chi connectivity index (χ2n) is 2.09. The number of hydrogen-bond acceptors (Lipinski definition) is 2. The van der Waals surface area contributed by atoms with Crippen LogP contribution in [0.3, 0.4) is 0 Å². The van der Waals surface area contributed by atoms with E-state index in [1.54, 1.807) is 0 Å². The molecule has 1 rings (SSSR count). The summed E-state index contributed by atoms with van der Waals surface area (Å²) in [6.45, 7) is 0. The fourth-order valence-corrected chi connectivity index (χ4v) is 0.692. The molecule has 12 heavy (non-hydrogen) atoms. The molecule has 1 aromatic rings. The summed E-state index contributed by atoms with van der Waals surface area (Å²) in [5.74, 6) is -0.888. The minimum atomic E-state index is -4.63. The Morgan fingerprint density at radius 3 is 2.33 bits per heavy atom. The van der Waals surface area contributed by atoms with E-state index >= 15 is 0 Å². The lowest BCUT2D eigenvalue weighted by Gasteiger charge is -2.07. The molecule has 0 fully saturated rings. The Labute approximate surface area is 65.0 Å². The summed E-state index contributed by atoms with van der Waals surface area (Å²) in [5, 5.41) is 0. The van der Waals surface area contributed by atoms with Crippen molar-refractivity contribution in [2.45, 2.75) is 6.18 Å². The van der Waals surface area contributed by atoms with Gasteiger partial charge in [-0.15, -0.1) is 0 Å². The largest absolute Gasteiger partial charge is 0.435 e. The van der Waals surface area contributed by atoms with E-state index < -0.39 is 23.4 Å². The van der Waals surface area contributed by atoms with Gasteiger partial charge in [-0.05, 0) is 0 Å². The first-order valence-electron chi connectivity index (χ1n) is 2.89. The van der Waals surface area contributed by atoms with Crippen LogP contribution in [0.4, 0.5) is 23.2 Å². The number of nitrogens with two attached hydrogens (primary N) is 1. The van der Waals surface area contributed by atoms with E-state index in [0.29, 0.717) is 12.3 Å². The maximum absolute atomic E-state index is 12.2. The molecule has 1 aromatic heterocycles. The van der Waals surface area contributed by atoms with E-state index in [0.717, 1.165) is 0 Å². The second-order valence-corrected chi connectivity index (χ2v) is 2.09. The van der Waals surface area contributed by atoms with E-state index in [4.69, 9.17) is 5.73 Å². The van der Waals surface area contributed by atoms with Gasteiger partial charge in [0.1, 0.15) is 5.82 Å². The zero-order valence-electron chi connectivity index (χ0n) is 5.69. The number of aromatic nitrogens is 1. The predicted octanol–water partition coefficient (Wildman–Crippen LogP) is 1.82. The highest BCUT2D eigenvalue weighted by Gasteiger charge is 2.34. The molecule has 0 aliphatic heterocycles. The highest BCUT2D eigenvalue weighted by atomic mass is 19.4. The quantitative estimate of drug-likeness (QED) is 0.618. The molecular weight excluding hydrogens is 176 g/mol. The van der Waals surface area contributed by atoms with Gasteiger partial charge < -0.3 is 5.73 Å². The SMILES string of the molecule is Nc1cc(F)cnc1C(F)(F)F. The highest BCUT2D eigenvalue weighted by molar-refractivity contribution is 5.43. The van der Waals surface area contributed by atoms with Gasteiger partial charge in [-0.1, -0.05) is 0 Å². The predicted molar refractivity (Wildman–Crippen MR) is 33.6 cm³/mol. The van der Waals surface area contributed by atoms with E-state index in [9.17, 15) is 17.6 Å². The summed E-state index contributed by atoms with van der Waals surface area (Å²) >= 11 is 0. The first-order chi connectivity index (χ1) is 5.41. The average molecular weight is 180 g/mol. The number of pyridine rings is 1. The molecule has 0 spiro atoms. The number of halogens is 4. The number of hydrogen-bond donors (Lipinski definition) is 1. The van der Waals surface area contributed by atoms with Crippen molar-refractivity contribution < 1.29 is 17.6 Å². The van der Waals surface area contributed by atoms with Crippen molar-refractivity contribution in [1.82, 2.24) is 4.98 Å². The average Bonchev–Trinajstić information content (AvgIpc) is 1.83. The van der Waals surface area contributed by atoms with Crippen LogP contribution in [0.5, 0.6) is 0 Å². The maximum Gasteiger partial charge on any atom is 0.435 e. The molecule has 0 saturated heterocycles. The van der Waals surface area contributed by atoms with Crippen LogP contribution in [0.15, 0.2) is 12.3 Å². The Bertz CT molecular complexity index is 294. The lowest BCUT2D eigenvalue weighted by atomic mass is 10.3. The van der Waals surface area contributed by atoms with Crippen molar-refractivity contribution in [2.75, 3.05) is 5.73 Å². The molecule has 0 aromatic carbocycles. The number of nitrogens with zero attached hydrogens (tertiary/aromatic N) is 1. The number of anilines is 1. The number of rotatable bonds is 0. The van der Waals surface area contributed by atoms with Crippen molar-refractivity contribution in [3.8, 4) is 0 Å². The fraction of sp³-hybridized carbons (Fsp3) is 0.167. The van der Waals surface area contributed by atoms with E-state index in [2.05, 4.69) is 4.98 Å². The molecule has 0 saturated carbocycles. The van der Waals surface area contributed by atoms with Crippen LogP contribution in [0.2, 0.25) is 0 Å². The van der Waals surface area contributed by atoms with Gasteiger partial charge in [-0.25, -0.2) is 9.37 Å². The topological polar surface area (TPSA) is 38.9 Å². The Morgan fingerprint density at radius 1 is 1.33 bits per heavy atom. The minimum absolute atomic E-state index is 0.471. The normalized spacial score (nSPS) is 11.7. The summed E-state index contributed by atoms with van der Waals surface area (Å²) in [7, 11) is 0. The van der Waals surface area contributed by atoms with Crippen LogP contribution >= 0.6 is 0 Å². The van der Waals surface area contributed by atoms with Crippen molar-refractivity contribution in [3.05, 3.63) is 23.8 Å². The molecule has 6 heteroatoms. The van der Waals surface area contributed by atoms with Crippen LogP contribution in [-0.2, 0) is 6.18 Å². The number of alkyl halides is 3. The summed E-state index contributed by atoms with van der Waals surface area (Å²) in [4.78, 5) is 2.82. The van der Waals surface area contributed by atoms with Gasteiger partial charge in [0.2, 0.25) is 0 Å². The van der Waals surface area contributed by atoms with Gasteiger partial charge >= 0.3 is 6.18 Å². The zero-order valence-corrected chi connectivity index (χ0v) is 5.69. The third kappa shape index (κ3) is 1.63. The Hall–Kier alpha value is -1.33. The molecule has 1 heterocycles. The van der Waals surface area contributed by atoms with Gasteiger partial charge in [-0.3, -0.25) is 0 Å². The first kappa shape index (κ1) is 8.76. The highest BCUT2D eigenvalue weighted by Crippen LogP contribution is 2.31. The van der Waals surface area contributed by atoms with Crippen molar-refractivity contribution in [2.24, 2.45) is 0 Å². The summed E-state index contributed by atoms with van der Waals surface area (Å²) in [6, 6.07) is 0.579. The monoisotopic (exact) mass is 180 g/mol. The fourth-order valence-electron chi connectivity index (χ4n) is 0.692. The lowest BCUT2D eigenvalue weighted by molar-refractivity contribution is -0.140. The molecule has 2 nitrogen and oxygen atoms in total. The van der Waals surface area contributed by atoms with Crippen molar-refractivity contribution >= 4 is 5.69 Å². The Kier molecular flexibility index (Phi) is 1.91. The molecular formula is C6H4F4N2. The molecule has 0 aliphatic rings. The first-order valence-corrected chi connectivity index (χ1v) is 2.89. The molecule has 0 bridgehead atoms. The van der Waals surface area contributed by atoms with E-state index in [-0.39, 0.29) is 0 Å². The van der Waals surface area contributed by atoms with Crippen LogP contribution in [-0.4, -0.2) is 4.98 Å². The molecule has 66 valence electrons. The molecule has 2 N–H and O–H groups in total. The third-order valence-corrected chi connectivity index (χ3v) is 1.15. The van der Waals surface area contributed by atoms with E-state index in [1.165, 1.54) is 0 Å². The van der Waals surface area contributed by atoms with Crippen LogP contribution in [0.25, 0.3) is 0 Å². The standard InChI is InChI=1S/C6H4F4N2/c7-3-1-4(11)5(12-2-3)6(8,9)10/h1-2H,11H2. The van der Waals surface area contributed by atoms with E-state index in [1.807, 2.05) is 0 Å². The van der Waals surface area contributed by atoms with Crippen LogP contribution in [0, 0.1) is 5.82 Å². The second kappa shape index (κ2) is 2.62. The minimum Gasteiger partial charge on any atom is -0.397 e. The van der Waals surface area contributed by atoms with Crippen molar-refractivity contribution in [1.29, 1.82) is 0 Å². The molecule has 0 atom stereocenters. The maximum atomic E-state index is 12.2. The Morgan fingerprint density at radius 2 is 1.92 bits per heavy atom. The van der Waals surface area contributed by atoms with Crippen molar-refractivity contribution in [3.63, 3.8) is 0 Å². The molecule has 0 radical (unpaired) electrons. The summed E-state index contributed by atoms with van der Waals surface area (Å²) in [6.07, 6.45) is -4.16. The van der Waals surface area contributed by atoms with Gasteiger partial charge in [0.25, 0.3) is 0 Å². The Balaban J connectivity index is 3.19. The van der Waals surface area contributed by atoms with Gasteiger partial charge in [0.05, 0.1) is 11.9 Å². The summed E-state index contributed by atoms with van der Waals surface area (Å²) < 4.78 is 48.0. The molecule has 0 unspecified atom stereocenters.